The molecule has 0 radical (unpaired) electrons. The zero-order valence-corrected chi connectivity index (χ0v) is 12.9. The van der Waals surface area contributed by atoms with Crippen LogP contribution >= 0.6 is 0 Å². The maximum atomic E-state index is 13.5. The molecule has 126 valence electrons. The Morgan fingerprint density at radius 2 is 1.96 bits per heavy atom. The Morgan fingerprint density at radius 1 is 1.21 bits per heavy atom. The van der Waals surface area contributed by atoms with Crippen LogP contribution in [0.3, 0.4) is 0 Å². The summed E-state index contributed by atoms with van der Waals surface area (Å²) >= 11 is 0. The van der Waals surface area contributed by atoms with Crippen molar-refractivity contribution in [3.63, 3.8) is 0 Å². The van der Waals surface area contributed by atoms with Gasteiger partial charge in [-0.05, 0) is 30.2 Å². The molecule has 24 heavy (non-hydrogen) atoms. The molecule has 0 bridgehead atoms. The molecule has 1 aromatic carbocycles. The van der Waals surface area contributed by atoms with Crippen LogP contribution < -0.4 is 5.56 Å². The number of rotatable bonds is 2. The second kappa shape index (κ2) is 6.16. The highest BCUT2D eigenvalue weighted by Gasteiger charge is 2.36. The zero-order valence-electron chi connectivity index (χ0n) is 12.9. The Kier molecular flexibility index (Phi) is 4.19. The van der Waals surface area contributed by atoms with E-state index >= 15 is 0 Å². The Labute approximate surface area is 136 Å². The SMILES string of the molecule is Cn1cc(C(=O)N2CC(O)CC2c2ccc(F)c(F)c2)ccc1=O. The van der Waals surface area contributed by atoms with Gasteiger partial charge in [-0.3, -0.25) is 9.59 Å². The maximum absolute atomic E-state index is 13.5. The molecule has 2 atom stereocenters. The van der Waals surface area contributed by atoms with E-state index in [9.17, 15) is 23.5 Å². The number of nitrogens with zero attached hydrogens (tertiary/aromatic N) is 2. The number of benzene rings is 1. The summed E-state index contributed by atoms with van der Waals surface area (Å²) < 4.78 is 27.9. The number of β-amino-alcohol motifs (C(OH)–C–C–N with tert-alkyl or cyclic N) is 1. The number of aliphatic hydroxyl groups is 1. The molecule has 1 saturated heterocycles. The van der Waals surface area contributed by atoms with Crippen molar-refractivity contribution in [3.8, 4) is 0 Å². The fourth-order valence-electron chi connectivity index (χ4n) is 2.96. The van der Waals surface area contributed by atoms with Crippen LogP contribution in [0, 0.1) is 11.6 Å². The standard InChI is InChI=1S/C17H16F2N2O3/c1-20-8-11(3-5-16(20)23)17(24)21-9-12(22)7-15(21)10-2-4-13(18)14(19)6-10/h2-6,8,12,15,22H,7,9H2,1H3. The first-order valence-electron chi connectivity index (χ1n) is 7.47. The molecule has 0 spiro atoms. The van der Waals surface area contributed by atoms with Gasteiger partial charge >= 0.3 is 0 Å². The number of aryl methyl sites for hydroxylation is 1. The van der Waals surface area contributed by atoms with Gasteiger partial charge in [0, 0.05) is 25.9 Å². The second-order valence-corrected chi connectivity index (χ2v) is 5.90. The van der Waals surface area contributed by atoms with Crippen LogP contribution in [0.4, 0.5) is 8.78 Å². The van der Waals surface area contributed by atoms with E-state index in [1.54, 1.807) is 0 Å². The highest BCUT2D eigenvalue weighted by molar-refractivity contribution is 5.94. The van der Waals surface area contributed by atoms with E-state index in [2.05, 4.69) is 0 Å². The summed E-state index contributed by atoms with van der Waals surface area (Å²) in [5.41, 5.74) is 0.465. The lowest BCUT2D eigenvalue weighted by molar-refractivity contribution is 0.0714. The van der Waals surface area contributed by atoms with Crippen molar-refractivity contribution in [1.82, 2.24) is 9.47 Å². The molecule has 1 aliphatic heterocycles. The summed E-state index contributed by atoms with van der Waals surface area (Å²) in [6.45, 7) is 0.0886. The molecule has 3 rings (SSSR count). The predicted octanol–water partition coefficient (Wildman–Crippen LogP) is 1.61. The molecule has 5 nitrogen and oxygen atoms in total. The molecule has 2 aromatic rings. The summed E-state index contributed by atoms with van der Waals surface area (Å²) in [4.78, 5) is 25.6. The van der Waals surface area contributed by atoms with E-state index in [1.807, 2.05) is 0 Å². The molecule has 0 saturated carbocycles. The minimum absolute atomic E-state index is 0.0886. The van der Waals surface area contributed by atoms with Crippen molar-refractivity contribution in [2.75, 3.05) is 6.54 Å². The Bertz CT molecular complexity index is 850. The zero-order chi connectivity index (χ0) is 17.4. The largest absolute Gasteiger partial charge is 0.391 e. The number of hydrogen-bond donors (Lipinski definition) is 1. The lowest BCUT2D eigenvalue weighted by Crippen LogP contribution is -2.32. The smallest absolute Gasteiger partial charge is 0.255 e. The topological polar surface area (TPSA) is 62.5 Å². The fourth-order valence-corrected chi connectivity index (χ4v) is 2.96. The van der Waals surface area contributed by atoms with Crippen molar-refractivity contribution in [3.05, 3.63) is 69.6 Å². The number of aliphatic hydroxyl groups excluding tert-OH is 1. The van der Waals surface area contributed by atoms with Gasteiger partial charge in [-0.1, -0.05) is 6.07 Å². The molecule has 1 aromatic heterocycles. The third kappa shape index (κ3) is 2.94. The van der Waals surface area contributed by atoms with E-state index in [0.717, 1.165) is 12.1 Å². The van der Waals surface area contributed by atoms with Crippen molar-refractivity contribution in [1.29, 1.82) is 0 Å². The fraction of sp³-hybridized carbons (Fsp3) is 0.294. The lowest BCUT2D eigenvalue weighted by Gasteiger charge is -2.25. The Morgan fingerprint density at radius 3 is 2.62 bits per heavy atom. The van der Waals surface area contributed by atoms with Gasteiger partial charge in [0.25, 0.3) is 5.91 Å². The molecule has 1 fully saturated rings. The molecular weight excluding hydrogens is 318 g/mol. The summed E-state index contributed by atoms with van der Waals surface area (Å²) in [6.07, 6.45) is 0.903. The first kappa shape index (κ1) is 16.3. The lowest BCUT2D eigenvalue weighted by atomic mass is 10.0. The first-order valence-corrected chi connectivity index (χ1v) is 7.47. The first-order chi connectivity index (χ1) is 11.4. The molecule has 2 unspecified atom stereocenters. The van der Waals surface area contributed by atoms with Crippen LogP contribution in [0.25, 0.3) is 0 Å². The average Bonchev–Trinajstić information content (AvgIpc) is 2.94. The van der Waals surface area contributed by atoms with Gasteiger partial charge in [-0.25, -0.2) is 8.78 Å². The number of carbonyl (C=O) groups excluding carboxylic acids is 1. The highest BCUT2D eigenvalue weighted by Crippen LogP contribution is 2.33. The third-order valence-corrected chi connectivity index (χ3v) is 4.20. The van der Waals surface area contributed by atoms with Gasteiger partial charge in [0.2, 0.25) is 5.56 Å². The molecule has 1 N–H and O–H groups in total. The molecule has 2 heterocycles. The minimum atomic E-state index is -0.997. The van der Waals surface area contributed by atoms with Crippen LogP contribution in [-0.4, -0.2) is 33.1 Å². The van der Waals surface area contributed by atoms with E-state index in [1.165, 1.54) is 40.9 Å². The van der Waals surface area contributed by atoms with Crippen molar-refractivity contribution in [2.24, 2.45) is 7.05 Å². The van der Waals surface area contributed by atoms with Crippen molar-refractivity contribution >= 4 is 5.91 Å². The molecule has 1 amide bonds. The Hall–Kier alpha value is -2.54. The van der Waals surface area contributed by atoms with Gasteiger partial charge < -0.3 is 14.6 Å². The monoisotopic (exact) mass is 334 g/mol. The van der Waals surface area contributed by atoms with Crippen LogP contribution in [0.2, 0.25) is 0 Å². The number of aromatic nitrogens is 1. The highest BCUT2D eigenvalue weighted by atomic mass is 19.2. The predicted molar refractivity (Wildman–Crippen MR) is 82.4 cm³/mol. The molecule has 0 aliphatic carbocycles. The van der Waals surface area contributed by atoms with Gasteiger partial charge in [0.1, 0.15) is 0 Å². The van der Waals surface area contributed by atoms with Crippen molar-refractivity contribution < 1.29 is 18.7 Å². The number of likely N-dealkylation sites (tertiary alicyclic amines) is 1. The van der Waals surface area contributed by atoms with E-state index in [-0.39, 0.29) is 24.4 Å². The second-order valence-electron chi connectivity index (χ2n) is 5.90. The summed E-state index contributed by atoms with van der Waals surface area (Å²) in [6, 6.07) is 5.59. The van der Waals surface area contributed by atoms with Crippen LogP contribution in [0.15, 0.2) is 41.3 Å². The molecule has 7 heteroatoms. The van der Waals surface area contributed by atoms with Crippen LogP contribution in [0.1, 0.15) is 28.4 Å². The number of halogens is 2. The average molecular weight is 334 g/mol. The van der Waals surface area contributed by atoms with Gasteiger partial charge in [-0.15, -0.1) is 0 Å². The van der Waals surface area contributed by atoms with Gasteiger partial charge in [0.15, 0.2) is 11.6 Å². The van der Waals surface area contributed by atoms with E-state index in [4.69, 9.17) is 0 Å². The molecule has 1 aliphatic rings. The van der Waals surface area contributed by atoms with E-state index < -0.39 is 23.8 Å². The summed E-state index contributed by atoms with van der Waals surface area (Å²) in [5, 5.41) is 9.93. The van der Waals surface area contributed by atoms with Crippen LogP contribution in [-0.2, 0) is 7.05 Å². The third-order valence-electron chi connectivity index (χ3n) is 4.20. The normalized spacial score (nSPS) is 20.4. The quantitative estimate of drug-likeness (QED) is 0.908. The number of carbonyl (C=O) groups is 1. The van der Waals surface area contributed by atoms with Crippen molar-refractivity contribution in [2.45, 2.75) is 18.6 Å². The minimum Gasteiger partial charge on any atom is -0.391 e. The number of hydrogen-bond acceptors (Lipinski definition) is 3. The van der Waals surface area contributed by atoms with E-state index in [0.29, 0.717) is 11.1 Å². The Balaban J connectivity index is 1.94. The number of pyridine rings is 1. The van der Waals surface area contributed by atoms with Gasteiger partial charge in [0.05, 0.1) is 17.7 Å². The molecular formula is C17H16F2N2O3. The maximum Gasteiger partial charge on any atom is 0.255 e. The van der Waals surface area contributed by atoms with Gasteiger partial charge in [-0.2, -0.15) is 0 Å². The van der Waals surface area contributed by atoms with Crippen LogP contribution in [0.5, 0.6) is 0 Å². The summed E-state index contributed by atoms with van der Waals surface area (Å²) in [7, 11) is 1.53. The summed E-state index contributed by atoms with van der Waals surface area (Å²) in [5.74, 6) is -2.34. The number of amides is 1.